The van der Waals surface area contributed by atoms with Crippen molar-refractivity contribution in [2.24, 2.45) is 5.73 Å². The molecular formula is C22H22N2O5S. The summed E-state index contributed by atoms with van der Waals surface area (Å²) >= 11 is 0.962. The molecule has 0 aliphatic carbocycles. The number of primary amides is 1. The normalized spacial score (nSPS) is 10.6. The summed E-state index contributed by atoms with van der Waals surface area (Å²) in [5.74, 6) is -1.34. The first-order valence-electron chi connectivity index (χ1n) is 9.45. The molecule has 0 radical (unpaired) electrons. The molecule has 30 heavy (non-hydrogen) atoms. The van der Waals surface area contributed by atoms with Gasteiger partial charge < -0.3 is 20.5 Å². The Morgan fingerprint density at radius 3 is 2.43 bits per heavy atom. The van der Waals surface area contributed by atoms with E-state index in [0.29, 0.717) is 28.9 Å². The number of anilines is 1. The first kappa shape index (κ1) is 21.3. The van der Waals surface area contributed by atoms with Gasteiger partial charge in [0, 0.05) is 0 Å². The van der Waals surface area contributed by atoms with Gasteiger partial charge in [-0.1, -0.05) is 30.3 Å². The van der Waals surface area contributed by atoms with Gasteiger partial charge in [0.2, 0.25) is 0 Å². The Labute approximate surface area is 177 Å². The molecule has 0 unspecified atom stereocenters. The minimum absolute atomic E-state index is 0.0922. The molecule has 0 bridgehead atoms. The molecule has 0 fully saturated rings. The van der Waals surface area contributed by atoms with Crippen molar-refractivity contribution in [2.75, 3.05) is 18.5 Å². The van der Waals surface area contributed by atoms with Gasteiger partial charge in [-0.3, -0.25) is 9.59 Å². The van der Waals surface area contributed by atoms with Crippen molar-refractivity contribution in [1.82, 2.24) is 0 Å². The predicted octanol–water partition coefficient (Wildman–Crippen LogP) is 4.14. The lowest BCUT2D eigenvalue weighted by Gasteiger charge is -2.13. The third-order valence-corrected chi connectivity index (χ3v) is 5.69. The van der Waals surface area contributed by atoms with Crippen molar-refractivity contribution >= 4 is 44.9 Å². The zero-order valence-electron chi connectivity index (χ0n) is 16.9. The number of fused-ring (bicyclic) bond motifs is 1. The number of carbonyl (C=O) groups excluding carboxylic acids is 3. The fourth-order valence-electron chi connectivity index (χ4n) is 3.22. The summed E-state index contributed by atoms with van der Waals surface area (Å²) in [6, 6.07) is 11.0. The molecule has 0 aliphatic heterocycles. The third-order valence-electron chi connectivity index (χ3n) is 4.50. The van der Waals surface area contributed by atoms with Gasteiger partial charge in [-0.15, -0.1) is 11.3 Å². The maximum Gasteiger partial charge on any atom is 0.348 e. The topological polar surface area (TPSA) is 108 Å². The second kappa shape index (κ2) is 8.96. The van der Waals surface area contributed by atoms with Crippen LogP contribution in [0.5, 0.6) is 5.75 Å². The van der Waals surface area contributed by atoms with E-state index in [1.165, 1.54) is 0 Å². The summed E-state index contributed by atoms with van der Waals surface area (Å²) in [6.45, 7) is 5.69. The van der Waals surface area contributed by atoms with Crippen LogP contribution < -0.4 is 15.8 Å². The number of ether oxygens (including phenoxy) is 2. The summed E-state index contributed by atoms with van der Waals surface area (Å²) < 4.78 is 10.7. The molecule has 156 valence electrons. The third kappa shape index (κ3) is 3.99. The second-order valence-electron chi connectivity index (χ2n) is 6.39. The zero-order chi connectivity index (χ0) is 21.8. The van der Waals surface area contributed by atoms with Gasteiger partial charge in [0.15, 0.2) is 0 Å². The van der Waals surface area contributed by atoms with Crippen LogP contribution >= 0.6 is 11.3 Å². The molecule has 0 aliphatic rings. The SMILES string of the molecule is CCOC(=O)c1sc(NC(=O)c2c(OCC)ccc3ccccc23)c(C(N)=O)c1C. The minimum Gasteiger partial charge on any atom is -0.493 e. The number of benzene rings is 2. The summed E-state index contributed by atoms with van der Waals surface area (Å²) in [5, 5.41) is 4.53. The van der Waals surface area contributed by atoms with Crippen molar-refractivity contribution in [3.8, 4) is 5.75 Å². The van der Waals surface area contributed by atoms with Gasteiger partial charge in [-0.2, -0.15) is 0 Å². The zero-order valence-corrected chi connectivity index (χ0v) is 17.7. The Morgan fingerprint density at radius 2 is 1.77 bits per heavy atom. The molecule has 0 spiro atoms. The molecule has 1 aromatic heterocycles. The standard InChI is InChI=1S/C22H22N2O5S/c1-4-28-15-11-10-13-8-6-7-9-14(13)17(15)20(26)24-21-16(19(23)25)12(3)18(30-21)22(27)29-5-2/h6-11H,4-5H2,1-3H3,(H2,23,25)(H,24,26). The molecule has 2 amide bonds. The van der Waals surface area contributed by atoms with E-state index < -0.39 is 17.8 Å². The molecule has 1 heterocycles. The number of hydrogen-bond acceptors (Lipinski definition) is 6. The second-order valence-corrected chi connectivity index (χ2v) is 7.41. The summed E-state index contributed by atoms with van der Waals surface area (Å²) in [6.07, 6.45) is 0. The van der Waals surface area contributed by atoms with Crippen molar-refractivity contribution in [3.05, 3.63) is 58.0 Å². The number of hydrogen-bond donors (Lipinski definition) is 2. The Morgan fingerprint density at radius 1 is 1.03 bits per heavy atom. The lowest BCUT2D eigenvalue weighted by atomic mass is 10.0. The Kier molecular flexibility index (Phi) is 6.37. The minimum atomic E-state index is -0.738. The molecule has 3 aromatic rings. The highest BCUT2D eigenvalue weighted by Crippen LogP contribution is 2.35. The van der Waals surface area contributed by atoms with Crippen LogP contribution in [0.4, 0.5) is 5.00 Å². The molecule has 2 aromatic carbocycles. The Hall–Kier alpha value is -3.39. The number of nitrogens with two attached hydrogens (primary N) is 1. The van der Waals surface area contributed by atoms with Crippen LogP contribution in [-0.4, -0.2) is 31.0 Å². The summed E-state index contributed by atoms with van der Waals surface area (Å²) in [7, 11) is 0. The number of nitrogens with one attached hydrogen (secondary N) is 1. The average molecular weight is 426 g/mol. The Balaban J connectivity index is 2.08. The lowest BCUT2D eigenvalue weighted by Crippen LogP contribution is -2.18. The number of thiophene rings is 1. The van der Waals surface area contributed by atoms with Gasteiger partial charge in [-0.25, -0.2) is 4.79 Å². The highest BCUT2D eigenvalue weighted by atomic mass is 32.1. The fourth-order valence-corrected chi connectivity index (χ4v) is 4.32. The first-order valence-corrected chi connectivity index (χ1v) is 10.3. The van der Waals surface area contributed by atoms with Crippen LogP contribution in [0.15, 0.2) is 36.4 Å². The van der Waals surface area contributed by atoms with Crippen LogP contribution in [0.2, 0.25) is 0 Å². The highest BCUT2D eigenvalue weighted by Gasteiger charge is 2.26. The molecule has 0 atom stereocenters. The largest absolute Gasteiger partial charge is 0.493 e. The molecular weight excluding hydrogens is 404 g/mol. The number of rotatable bonds is 7. The maximum atomic E-state index is 13.3. The molecule has 7 nitrogen and oxygen atoms in total. The number of carbonyl (C=O) groups is 3. The summed E-state index contributed by atoms with van der Waals surface area (Å²) in [5.41, 5.74) is 6.34. The predicted molar refractivity (Wildman–Crippen MR) is 117 cm³/mol. The van der Waals surface area contributed by atoms with E-state index in [9.17, 15) is 14.4 Å². The molecule has 8 heteroatoms. The maximum absolute atomic E-state index is 13.3. The van der Waals surface area contributed by atoms with Gasteiger partial charge in [0.25, 0.3) is 11.8 Å². The van der Waals surface area contributed by atoms with E-state index >= 15 is 0 Å². The van der Waals surface area contributed by atoms with Crippen LogP contribution in [-0.2, 0) is 4.74 Å². The van der Waals surface area contributed by atoms with E-state index in [1.807, 2.05) is 37.3 Å². The van der Waals surface area contributed by atoms with Crippen LogP contribution in [0.3, 0.4) is 0 Å². The van der Waals surface area contributed by atoms with Gasteiger partial charge in [0.05, 0.1) is 24.3 Å². The van der Waals surface area contributed by atoms with Gasteiger partial charge >= 0.3 is 5.97 Å². The molecule has 3 N–H and O–H groups in total. The van der Waals surface area contributed by atoms with Crippen LogP contribution in [0.1, 0.15) is 49.8 Å². The lowest BCUT2D eigenvalue weighted by molar-refractivity contribution is 0.0531. The van der Waals surface area contributed by atoms with Gasteiger partial charge in [0.1, 0.15) is 15.6 Å². The smallest absolute Gasteiger partial charge is 0.348 e. The monoisotopic (exact) mass is 426 g/mol. The van der Waals surface area contributed by atoms with Gasteiger partial charge in [-0.05, 0) is 43.2 Å². The van der Waals surface area contributed by atoms with Crippen LogP contribution in [0, 0.1) is 6.92 Å². The van der Waals surface area contributed by atoms with Crippen molar-refractivity contribution in [1.29, 1.82) is 0 Å². The highest BCUT2D eigenvalue weighted by molar-refractivity contribution is 7.18. The van der Waals surface area contributed by atoms with Crippen molar-refractivity contribution in [2.45, 2.75) is 20.8 Å². The van der Waals surface area contributed by atoms with Crippen molar-refractivity contribution in [3.63, 3.8) is 0 Å². The van der Waals surface area contributed by atoms with E-state index in [2.05, 4.69) is 5.32 Å². The first-order chi connectivity index (χ1) is 14.4. The molecule has 0 saturated carbocycles. The van der Waals surface area contributed by atoms with Crippen molar-refractivity contribution < 1.29 is 23.9 Å². The quantitative estimate of drug-likeness (QED) is 0.552. The Bertz CT molecular complexity index is 1140. The molecule has 3 rings (SSSR count). The van der Waals surface area contributed by atoms with E-state index in [4.69, 9.17) is 15.2 Å². The fraction of sp³-hybridized carbons (Fsp3) is 0.227. The number of amides is 2. The van der Waals surface area contributed by atoms with E-state index in [-0.39, 0.29) is 22.0 Å². The van der Waals surface area contributed by atoms with E-state index in [1.54, 1.807) is 19.9 Å². The average Bonchev–Trinajstić information content (AvgIpc) is 3.04. The summed E-state index contributed by atoms with van der Waals surface area (Å²) in [4.78, 5) is 37.8. The van der Waals surface area contributed by atoms with Crippen LogP contribution in [0.25, 0.3) is 10.8 Å². The molecule has 0 saturated heterocycles. The number of esters is 1. The van der Waals surface area contributed by atoms with E-state index in [0.717, 1.165) is 16.7 Å².